The van der Waals surface area contributed by atoms with Crippen LogP contribution >= 0.6 is 0 Å². The van der Waals surface area contributed by atoms with Gasteiger partial charge in [0.2, 0.25) is 0 Å². The van der Waals surface area contributed by atoms with Crippen molar-refractivity contribution in [2.75, 3.05) is 26.2 Å². The Kier molecular flexibility index (Phi) is 5.48. The summed E-state index contributed by atoms with van der Waals surface area (Å²) in [6, 6.07) is 11.5. The van der Waals surface area contributed by atoms with Crippen molar-refractivity contribution in [2.45, 2.75) is 51.2 Å². The van der Waals surface area contributed by atoms with Crippen molar-refractivity contribution >= 4 is 0 Å². The number of imidazole rings is 1. The predicted molar refractivity (Wildman–Crippen MR) is 101 cm³/mol. The molecular formula is C21H30N4. The third kappa shape index (κ3) is 4.31. The molecule has 4 heteroatoms. The molecule has 2 aliphatic rings. The number of benzene rings is 1. The first-order valence-electron chi connectivity index (χ1n) is 9.88. The van der Waals surface area contributed by atoms with E-state index in [1.807, 2.05) is 12.5 Å². The maximum Gasteiger partial charge on any atom is 0.0951 e. The van der Waals surface area contributed by atoms with Gasteiger partial charge in [0.05, 0.1) is 12.0 Å². The molecule has 1 aromatic carbocycles. The van der Waals surface area contributed by atoms with E-state index in [4.69, 9.17) is 0 Å². The van der Waals surface area contributed by atoms with Gasteiger partial charge in [0.25, 0.3) is 0 Å². The number of rotatable bonds is 5. The molecule has 2 heterocycles. The highest BCUT2D eigenvalue weighted by Crippen LogP contribution is 2.23. The van der Waals surface area contributed by atoms with Crippen LogP contribution in [0.1, 0.15) is 43.4 Å². The van der Waals surface area contributed by atoms with E-state index in [2.05, 4.69) is 49.7 Å². The van der Waals surface area contributed by atoms with Crippen molar-refractivity contribution in [1.29, 1.82) is 0 Å². The van der Waals surface area contributed by atoms with Crippen LogP contribution in [0.3, 0.4) is 0 Å². The Morgan fingerprint density at radius 1 is 0.880 bits per heavy atom. The summed E-state index contributed by atoms with van der Waals surface area (Å²) < 4.78 is 2.29. The largest absolute Gasteiger partial charge is 0.329 e. The van der Waals surface area contributed by atoms with Gasteiger partial charge >= 0.3 is 0 Å². The van der Waals surface area contributed by atoms with Crippen molar-refractivity contribution in [3.05, 3.63) is 54.1 Å². The molecule has 0 amide bonds. The summed E-state index contributed by atoms with van der Waals surface area (Å²) >= 11 is 0. The molecule has 1 aromatic heterocycles. The highest BCUT2D eigenvalue weighted by Gasteiger charge is 2.25. The zero-order valence-corrected chi connectivity index (χ0v) is 15.2. The number of hydrogen-bond donors (Lipinski definition) is 0. The molecule has 1 saturated heterocycles. The second-order valence-electron chi connectivity index (χ2n) is 7.60. The summed E-state index contributed by atoms with van der Waals surface area (Å²) in [6.07, 6.45) is 11.2. The summed E-state index contributed by atoms with van der Waals surface area (Å²) in [6.45, 7) is 6.78. The van der Waals surface area contributed by atoms with E-state index in [9.17, 15) is 0 Å². The monoisotopic (exact) mass is 338 g/mol. The maximum absolute atomic E-state index is 4.40. The van der Waals surface area contributed by atoms with Crippen LogP contribution in [0.4, 0.5) is 0 Å². The summed E-state index contributed by atoms with van der Waals surface area (Å²) in [5, 5.41) is 0. The van der Waals surface area contributed by atoms with E-state index in [0.717, 1.165) is 19.1 Å². The molecule has 4 nitrogen and oxygen atoms in total. The second-order valence-corrected chi connectivity index (χ2v) is 7.60. The Balaban J connectivity index is 1.31. The fraction of sp³-hybridized carbons (Fsp3) is 0.571. The van der Waals surface area contributed by atoms with E-state index >= 15 is 0 Å². The molecule has 2 aromatic rings. The van der Waals surface area contributed by atoms with Gasteiger partial charge in [-0.15, -0.1) is 0 Å². The number of aromatic nitrogens is 2. The van der Waals surface area contributed by atoms with Crippen LogP contribution in [0, 0.1) is 0 Å². The third-order valence-corrected chi connectivity index (χ3v) is 5.88. The number of piperazine rings is 1. The fourth-order valence-corrected chi connectivity index (χ4v) is 4.36. The van der Waals surface area contributed by atoms with E-state index in [1.165, 1.54) is 69.5 Å². The Labute approximate surface area is 151 Å². The van der Waals surface area contributed by atoms with Crippen LogP contribution in [0.15, 0.2) is 42.9 Å². The molecule has 1 saturated carbocycles. The van der Waals surface area contributed by atoms with Crippen molar-refractivity contribution in [2.24, 2.45) is 0 Å². The normalized spacial score (nSPS) is 20.8. The average Bonchev–Trinajstić information content (AvgIpc) is 3.10. The molecule has 0 spiro atoms. The van der Waals surface area contributed by atoms with Gasteiger partial charge in [-0.25, -0.2) is 4.98 Å². The van der Waals surface area contributed by atoms with Crippen LogP contribution in [0.2, 0.25) is 0 Å². The van der Waals surface area contributed by atoms with Gasteiger partial charge in [-0.1, -0.05) is 49.6 Å². The number of nitrogens with zero attached hydrogens (tertiary/aromatic N) is 4. The second kappa shape index (κ2) is 8.15. The lowest BCUT2D eigenvalue weighted by molar-refractivity contribution is 0.0744. The van der Waals surface area contributed by atoms with Crippen molar-refractivity contribution < 1.29 is 0 Å². The minimum absolute atomic E-state index is 0.861. The Hall–Kier alpha value is -1.65. The summed E-state index contributed by atoms with van der Waals surface area (Å²) in [5.74, 6) is 0. The van der Waals surface area contributed by atoms with Crippen LogP contribution in [-0.2, 0) is 13.1 Å². The predicted octanol–water partition coefficient (Wildman–Crippen LogP) is 3.38. The van der Waals surface area contributed by atoms with Gasteiger partial charge in [0, 0.05) is 51.5 Å². The van der Waals surface area contributed by atoms with Gasteiger partial charge in [0.15, 0.2) is 0 Å². The lowest BCUT2D eigenvalue weighted by Crippen LogP contribution is -2.50. The zero-order valence-electron chi connectivity index (χ0n) is 15.2. The maximum atomic E-state index is 4.40. The van der Waals surface area contributed by atoms with Gasteiger partial charge in [-0.05, 0) is 18.4 Å². The Morgan fingerprint density at radius 2 is 1.64 bits per heavy atom. The van der Waals surface area contributed by atoms with E-state index in [1.54, 1.807) is 0 Å². The zero-order chi connectivity index (χ0) is 16.9. The molecule has 134 valence electrons. The highest BCUT2D eigenvalue weighted by atomic mass is 15.3. The summed E-state index contributed by atoms with van der Waals surface area (Å²) in [7, 11) is 0. The van der Waals surface area contributed by atoms with Gasteiger partial charge in [-0.3, -0.25) is 9.80 Å². The van der Waals surface area contributed by atoms with Crippen LogP contribution in [0.5, 0.6) is 0 Å². The molecule has 0 N–H and O–H groups in total. The highest BCUT2D eigenvalue weighted by molar-refractivity contribution is 5.16. The molecule has 0 unspecified atom stereocenters. The van der Waals surface area contributed by atoms with Crippen LogP contribution < -0.4 is 0 Å². The molecule has 0 atom stereocenters. The fourth-order valence-electron chi connectivity index (χ4n) is 4.36. The molecule has 2 fully saturated rings. The molecule has 25 heavy (non-hydrogen) atoms. The molecule has 1 aliphatic carbocycles. The Bertz CT molecular complexity index is 637. The minimum atomic E-state index is 0.861. The molecule has 4 rings (SSSR count). The summed E-state index contributed by atoms with van der Waals surface area (Å²) in [4.78, 5) is 9.74. The Morgan fingerprint density at radius 3 is 2.40 bits per heavy atom. The molecule has 1 aliphatic heterocycles. The third-order valence-electron chi connectivity index (χ3n) is 5.88. The smallest absolute Gasteiger partial charge is 0.0951 e. The molecular weight excluding hydrogens is 308 g/mol. The molecule has 0 radical (unpaired) electrons. The van der Waals surface area contributed by atoms with Crippen LogP contribution in [0.25, 0.3) is 0 Å². The van der Waals surface area contributed by atoms with Crippen molar-refractivity contribution in [1.82, 2.24) is 19.4 Å². The van der Waals surface area contributed by atoms with Gasteiger partial charge < -0.3 is 4.57 Å². The lowest BCUT2D eigenvalue weighted by atomic mass is 9.94. The van der Waals surface area contributed by atoms with E-state index in [-0.39, 0.29) is 0 Å². The van der Waals surface area contributed by atoms with Crippen LogP contribution in [-0.4, -0.2) is 51.6 Å². The number of hydrogen-bond acceptors (Lipinski definition) is 3. The quantitative estimate of drug-likeness (QED) is 0.835. The van der Waals surface area contributed by atoms with E-state index in [0.29, 0.717) is 0 Å². The first-order valence-corrected chi connectivity index (χ1v) is 9.88. The van der Waals surface area contributed by atoms with Crippen molar-refractivity contribution in [3.8, 4) is 0 Å². The lowest BCUT2D eigenvalue weighted by Gasteiger charge is -2.40. The topological polar surface area (TPSA) is 24.3 Å². The first kappa shape index (κ1) is 16.8. The molecule has 0 bridgehead atoms. The first-order chi connectivity index (χ1) is 12.4. The average molecular weight is 338 g/mol. The summed E-state index contributed by atoms with van der Waals surface area (Å²) in [5.41, 5.74) is 2.67. The minimum Gasteiger partial charge on any atom is -0.329 e. The standard InChI is InChI=1S/C21H30N4/c1-3-7-19(8-4-1)16-25-18-22-15-21(25)17-23-11-13-24(14-12-23)20-9-5-2-6-10-20/h1,3-4,7-8,15,18,20H,2,5-6,9-14,16-17H2. The van der Waals surface area contributed by atoms with Crippen molar-refractivity contribution in [3.63, 3.8) is 0 Å². The SMILES string of the molecule is c1ccc(Cn2cncc2CN2CCN(C3CCCCC3)CC2)cc1. The van der Waals surface area contributed by atoms with Gasteiger partial charge in [0.1, 0.15) is 0 Å². The van der Waals surface area contributed by atoms with E-state index < -0.39 is 0 Å². The van der Waals surface area contributed by atoms with Gasteiger partial charge in [-0.2, -0.15) is 0 Å².